The fourth-order valence-electron chi connectivity index (χ4n) is 3.24. The standard InChI is InChI=1S/C24H17Br4N3O3/c1-13-30-19-8-7-17(26)10-18(19)24(32)31(13)29-11-15-9-20(33-2)23(22(28)21(15)27)34-12-14-3-5-16(25)6-4-14/h3-11H,12H2,1-2H3. The minimum atomic E-state index is -0.253. The third-order valence-electron chi connectivity index (χ3n) is 4.95. The molecule has 1 aromatic heterocycles. The largest absolute Gasteiger partial charge is 0.493 e. The van der Waals surface area contributed by atoms with Gasteiger partial charge in [-0.1, -0.05) is 44.0 Å². The maximum Gasteiger partial charge on any atom is 0.282 e. The zero-order chi connectivity index (χ0) is 24.4. The van der Waals surface area contributed by atoms with E-state index in [4.69, 9.17) is 9.47 Å². The van der Waals surface area contributed by atoms with Gasteiger partial charge in [-0.25, -0.2) is 4.98 Å². The Morgan fingerprint density at radius 2 is 1.71 bits per heavy atom. The van der Waals surface area contributed by atoms with Gasteiger partial charge in [-0.2, -0.15) is 9.78 Å². The highest BCUT2D eigenvalue weighted by Gasteiger charge is 2.17. The van der Waals surface area contributed by atoms with Crippen molar-refractivity contribution in [2.75, 3.05) is 7.11 Å². The van der Waals surface area contributed by atoms with E-state index in [0.29, 0.717) is 49.3 Å². The van der Waals surface area contributed by atoms with Crippen LogP contribution in [0, 0.1) is 6.92 Å². The first-order valence-corrected chi connectivity index (χ1v) is 13.1. The van der Waals surface area contributed by atoms with Gasteiger partial charge < -0.3 is 9.47 Å². The molecule has 174 valence electrons. The normalized spacial score (nSPS) is 11.4. The first-order valence-electron chi connectivity index (χ1n) is 9.95. The minimum absolute atomic E-state index is 0.253. The van der Waals surface area contributed by atoms with Crippen molar-refractivity contribution in [1.82, 2.24) is 9.66 Å². The van der Waals surface area contributed by atoms with E-state index < -0.39 is 0 Å². The van der Waals surface area contributed by atoms with Gasteiger partial charge in [0.2, 0.25) is 0 Å². The van der Waals surface area contributed by atoms with E-state index in [0.717, 1.165) is 14.5 Å². The van der Waals surface area contributed by atoms with Gasteiger partial charge in [-0.15, -0.1) is 0 Å². The predicted octanol–water partition coefficient (Wildman–Crippen LogP) is 7.22. The molecule has 0 bridgehead atoms. The molecule has 0 amide bonds. The highest BCUT2D eigenvalue weighted by Crippen LogP contribution is 2.42. The first kappa shape index (κ1) is 25.1. The molecule has 4 aromatic rings. The Labute approximate surface area is 229 Å². The molecular weight excluding hydrogens is 698 g/mol. The summed E-state index contributed by atoms with van der Waals surface area (Å²) in [6.07, 6.45) is 1.58. The molecule has 0 unspecified atom stereocenters. The van der Waals surface area contributed by atoms with Crippen LogP contribution in [-0.4, -0.2) is 23.0 Å². The highest BCUT2D eigenvalue weighted by atomic mass is 79.9. The number of nitrogens with zero attached hydrogens (tertiary/aromatic N) is 3. The number of methoxy groups -OCH3 is 1. The van der Waals surface area contributed by atoms with Gasteiger partial charge in [0.05, 0.1) is 28.7 Å². The van der Waals surface area contributed by atoms with Crippen molar-refractivity contribution in [2.24, 2.45) is 5.10 Å². The summed E-state index contributed by atoms with van der Waals surface area (Å²) in [7, 11) is 1.57. The minimum Gasteiger partial charge on any atom is -0.493 e. The third kappa shape index (κ3) is 5.30. The number of fused-ring (bicyclic) bond motifs is 1. The predicted molar refractivity (Wildman–Crippen MR) is 148 cm³/mol. The molecule has 0 aliphatic carbocycles. The van der Waals surface area contributed by atoms with E-state index in [1.165, 1.54) is 4.68 Å². The van der Waals surface area contributed by atoms with E-state index in [1.54, 1.807) is 38.4 Å². The van der Waals surface area contributed by atoms with E-state index in [-0.39, 0.29) is 5.56 Å². The monoisotopic (exact) mass is 711 g/mol. The lowest BCUT2D eigenvalue weighted by Gasteiger charge is -2.15. The Hall–Kier alpha value is -2.01. The van der Waals surface area contributed by atoms with Crippen molar-refractivity contribution >= 4 is 80.8 Å². The van der Waals surface area contributed by atoms with Crippen LogP contribution in [-0.2, 0) is 6.61 Å². The van der Waals surface area contributed by atoms with Gasteiger partial charge in [0.15, 0.2) is 11.5 Å². The molecule has 0 aliphatic heterocycles. The topological polar surface area (TPSA) is 65.7 Å². The quantitative estimate of drug-likeness (QED) is 0.198. The molecule has 3 aromatic carbocycles. The lowest BCUT2D eigenvalue weighted by Crippen LogP contribution is -2.20. The summed E-state index contributed by atoms with van der Waals surface area (Å²) in [5.41, 5.74) is 2.08. The Kier molecular flexibility index (Phi) is 7.91. The average molecular weight is 715 g/mol. The molecule has 0 fully saturated rings. The molecule has 4 rings (SSSR count). The molecule has 10 heteroatoms. The Balaban J connectivity index is 1.68. The van der Waals surface area contributed by atoms with Crippen molar-refractivity contribution in [1.29, 1.82) is 0 Å². The Morgan fingerprint density at radius 3 is 2.41 bits per heavy atom. The fourth-order valence-corrected chi connectivity index (χ4v) is 4.80. The summed E-state index contributed by atoms with van der Waals surface area (Å²) in [5.74, 6) is 1.56. The van der Waals surface area contributed by atoms with Crippen LogP contribution in [0.5, 0.6) is 11.5 Å². The van der Waals surface area contributed by atoms with E-state index in [9.17, 15) is 4.79 Å². The lowest BCUT2D eigenvalue weighted by atomic mass is 10.2. The zero-order valence-corrected chi connectivity index (χ0v) is 24.3. The van der Waals surface area contributed by atoms with Gasteiger partial charge in [-0.3, -0.25) is 4.79 Å². The number of aromatic nitrogens is 2. The van der Waals surface area contributed by atoms with E-state index in [1.807, 2.05) is 30.3 Å². The molecule has 0 radical (unpaired) electrons. The van der Waals surface area contributed by atoms with E-state index in [2.05, 4.69) is 73.8 Å². The SMILES string of the molecule is COc1cc(C=Nn2c(C)nc3ccc(Br)cc3c2=O)c(Br)c(Br)c1OCc1ccc(Br)cc1. The molecule has 0 aliphatic rings. The van der Waals surface area contributed by atoms with Crippen LogP contribution in [0.2, 0.25) is 0 Å². The number of aryl methyl sites for hydroxylation is 1. The summed E-state index contributed by atoms with van der Waals surface area (Å²) >= 11 is 14.0. The molecule has 0 atom stereocenters. The van der Waals surface area contributed by atoms with Gasteiger partial charge >= 0.3 is 0 Å². The van der Waals surface area contributed by atoms with Gasteiger partial charge in [0.25, 0.3) is 5.56 Å². The van der Waals surface area contributed by atoms with Gasteiger partial charge in [0, 0.05) is 19.0 Å². The van der Waals surface area contributed by atoms with Crippen LogP contribution in [0.25, 0.3) is 10.9 Å². The van der Waals surface area contributed by atoms with Crippen LogP contribution in [0.4, 0.5) is 0 Å². The molecule has 0 saturated carbocycles. The van der Waals surface area contributed by atoms with Gasteiger partial charge in [-0.05, 0) is 80.7 Å². The summed E-state index contributed by atoms with van der Waals surface area (Å²) in [4.78, 5) is 17.5. The summed E-state index contributed by atoms with van der Waals surface area (Å²) in [6.45, 7) is 2.11. The summed E-state index contributed by atoms with van der Waals surface area (Å²) < 4.78 is 16.1. The van der Waals surface area contributed by atoms with Crippen LogP contribution in [0.3, 0.4) is 0 Å². The first-order chi connectivity index (χ1) is 16.3. The van der Waals surface area contributed by atoms with Gasteiger partial charge in [0.1, 0.15) is 12.4 Å². The number of halogens is 4. The average Bonchev–Trinajstić information content (AvgIpc) is 2.82. The maximum absolute atomic E-state index is 13.0. The number of rotatable bonds is 6. The van der Waals surface area contributed by atoms with Crippen molar-refractivity contribution < 1.29 is 9.47 Å². The Bertz CT molecular complexity index is 1470. The molecule has 0 spiro atoms. The van der Waals surface area contributed by atoms with Crippen molar-refractivity contribution in [3.05, 3.63) is 93.7 Å². The molecule has 6 nitrogen and oxygen atoms in total. The van der Waals surface area contributed by atoms with Crippen LogP contribution in [0.1, 0.15) is 17.0 Å². The van der Waals surface area contributed by atoms with Crippen LogP contribution < -0.4 is 15.0 Å². The smallest absolute Gasteiger partial charge is 0.282 e. The lowest BCUT2D eigenvalue weighted by molar-refractivity contribution is 0.282. The molecular formula is C24H17Br4N3O3. The molecule has 0 N–H and O–H groups in total. The van der Waals surface area contributed by atoms with Crippen LogP contribution >= 0.6 is 63.7 Å². The second-order valence-electron chi connectivity index (χ2n) is 7.22. The van der Waals surface area contributed by atoms with Crippen molar-refractivity contribution in [3.63, 3.8) is 0 Å². The van der Waals surface area contributed by atoms with Crippen molar-refractivity contribution in [3.8, 4) is 11.5 Å². The fraction of sp³-hybridized carbons (Fsp3) is 0.125. The Morgan fingerprint density at radius 1 is 1.00 bits per heavy atom. The summed E-state index contributed by atoms with van der Waals surface area (Å²) in [6, 6.07) is 15.1. The highest BCUT2D eigenvalue weighted by molar-refractivity contribution is 9.13. The third-order valence-corrected chi connectivity index (χ3v) is 8.12. The molecule has 34 heavy (non-hydrogen) atoms. The van der Waals surface area contributed by atoms with E-state index >= 15 is 0 Å². The number of hydrogen-bond acceptors (Lipinski definition) is 5. The number of ether oxygens (including phenoxy) is 2. The number of benzene rings is 3. The van der Waals surface area contributed by atoms with Crippen LogP contribution in [0.15, 0.2) is 76.3 Å². The summed E-state index contributed by atoms with van der Waals surface area (Å²) in [5, 5.41) is 4.89. The maximum atomic E-state index is 13.0. The second kappa shape index (κ2) is 10.7. The van der Waals surface area contributed by atoms with Crippen molar-refractivity contribution in [2.45, 2.75) is 13.5 Å². The molecule has 1 heterocycles. The second-order valence-corrected chi connectivity index (χ2v) is 10.6. The number of hydrogen-bond donors (Lipinski definition) is 0. The zero-order valence-electron chi connectivity index (χ0n) is 18.0. The molecule has 0 saturated heterocycles.